The molecule has 2 nitrogen and oxygen atoms in total. The Morgan fingerprint density at radius 1 is 0.513 bits per heavy atom. The number of benzene rings is 6. The third kappa shape index (κ3) is 3.21. The summed E-state index contributed by atoms with van der Waals surface area (Å²) in [6.07, 6.45) is 0. The molecule has 0 fully saturated rings. The molecule has 0 saturated heterocycles. The fraction of sp³-hybridized carbons (Fsp3) is 0. The second kappa shape index (κ2) is 8.61. The van der Waals surface area contributed by atoms with Gasteiger partial charge in [0.05, 0.1) is 16.6 Å². The molecule has 2 heterocycles. The van der Waals surface area contributed by atoms with E-state index in [0.717, 1.165) is 27.4 Å². The molecule has 0 saturated carbocycles. The fourth-order valence-corrected chi connectivity index (χ4v) is 10.0. The normalized spacial score (nSPS) is 12.2. The third-order valence-corrected chi connectivity index (χ3v) is 12.8. The molecule has 0 spiro atoms. The minimum Gasteiger partial charge on any atom is -0.291 e. The van der Waals surface area contributed by atoms with Crippen LogP contribution in [0.15, 0.2) is 140 Å². The van der Waals surface area contributed by atoms with Crippen LogP contribution in [0.25, 0.3) is 49.1 Å². The van der Waals surface area contributed by atoms with Gasteiger partial charge in [-0.25, -0.2) is 4.98 Å². The van der Waals surface area contributed by atoms with E-state index in [1.54, 1.807) is 0 Å². The Bertz CT molecular complexity index is 2210. The van der Waals surface area contributed by atoms with Crippen LogP contribution >= 0.6 is 6.04 Å². The van der Waals surface area contributed by atoms with E-state index in [1.807, 2.05) is 0 Å². The maximum Gasteiger partial charge on any atom is 0.146 e. The summed E-state index contributed by atoms with van der Waals surface area (Å²) >= 11 is 6.76. The molecule has 4 heteroatoms. The van der Waals surface area contributed by atoms with Crippen LogP contribution in [0, 0.1) is 0 Å². The highest BCUT2D eigenvalue weighted by Gasteiger charge is 2.28. The molecular weight excluding hydrogens is 511 g/mol. The summed E-state index contributed by atoms with van der Waals surface area (Å²) in [4.78, 5) is 5.44. The highest BCUT2D eigenvalue weighted by atomic mass is 32.4. The van der Waals surface area contributed by atoms with E-state index in [9.17, 15) is 0 Å². The molecule has 0 amide bonds. The van der Waals surface area contributed by atoms with Crippen LogP contribution in [0.2, 0.25) is 0 Å². The zero-order chi connectivity index (χ0) is 26.0. The van der Waals surface area contributed by atoms with E-state index in [-0.39, 0.29) is 0 Å². The predicted octanol–water partition coefficient (Wildman–Crippen LogP) is 7.70. The molecule has 0 bridgehead atoms. The van der Waals surface area contributed by atoms with Gasteiger partial charge in [-0.05, 0) is 27.4 Å². The minimum absolute atomic E-state index is 0.972. The summed E-state index contributed by atoms with van der Waals surface area (Å²) in [5.74, 6) is 0. The van der Waals surface area contributed by atoms with E-state index < -0.39 is 6.04 Å². The molecule has 0 N–H and O–H groups in total. The van der Waals surface area contributed by atoms with Gasteiger partial charge in [0.15, 0.2) is 0 Å². The highest BCUT2D eigenvalue weighted by molar-refractivity contribution is 8.25. The van der Waals surface area contributed by atoms with Crippen LogP contribution < -0.4 is 15.9 Å². The molecule has 184 valence electrons. The first-order valence-electron chi connectivity index (χ1n) is 13.1. The summed E-state index contributed by atoms with van der Waals surface area (Å²) in [5.41, 5.74) is 4.24. The zero-order valence-corrected chi connectivity index (χ0v) is 22.7. The van der Waals surface area contributed by atoms with E-state index in [1.165, 1.54) is 37.7 Å². The number of aromatic nitrogens is 2. The SMILES string of the molecule is S=P(c1ccccc1)(c1ccccc1)c1cccc2c1nc1c3ccccc3c3ccc4ccccc4c3n21. The van der Waals surface area contributed by atoms with Gasteiger partial charge in [-0.3, -0.25) is 4.40 Å². The minimum atomic E-state index is -2.39. The highest BCUT2D eigenvalue weighted by Crippen LogP contribution is 2.45. The summed E-state index contributed by atoms with van der Waals surface area (Å²) in [7, 11) is 0. The second-order valence-corrected chi connectivity index (χ2v) is 14.3. The van der Waals surface area contributed by atoms with E-state index in [4.69, 9.17) is 16.8 Å². The van der Waals surface area contributed by atoms with Crippen molar-refractivity contribution in [3.05, 3.63) is 140 Å². The van der Waals surface area contributed by atoms with Crippen molar-refractivity contribution < 1.29 is 0 Å². The van der Waals surface area contributed by atoms with Gasteiger partial charge in [-0.2, -0.15) is 0 Å². The summed E-state index contributed by atoms with van der Waals surface area (Å²) < 4.78 is 2.37. The van der Waals surface area contributed by atoms with Crippen LogP contribution in [0.5, 0.6) is 0 Å². The molecule has 0 aliphatic carbocycles. The number of imidazole rings is 1. The lowest BCUT2D eigenvalue weighted by atomic mass is 10.0. The van der Waals surface area contributed by atoms with Gasteiger partial charge >= 0.3 is 0 Å². The largest absolute Gasteiger partial charge is 0.291 e. The maximum absolute atomic E-state index is 6.76. The third-order valence-electron chi connectivity index (χ3n) is 7.83. The summed E-state index contributed by atoms with van der Waals surface area (Å²) in [6.45, 7) is 0. The van der Waals surface area contributed by atoms with Gasteiger partial charge in [0.2, 0.25) is 0 Å². The Labute approximate surface area is 231 Å². The molecule has 8 rings (SSSR count). The van der Waals surface area contributed by atoms with Crippen molar-refractivity contribution in [2.45, 2.75) is 0 Å². The molecule has 0 radical (unpaired) electrons. The molecule has 39 heavy (non-hydrogen) atoms. The molecule has 0 unspecified atom stereocenters. The average Bonchev–Trinajstić information content (AvgIpc) is 3.41. The number of para-hydroxylation sites is 1. The molecule has 2 aromatic heterocycles. The van der Waals surface area contributed by atoms with Crippen molar-refractivity contribution in [2.24, 2.45) is 0 Å². The van der Waals surface area contributed by atoms with Gasteiger partial charge in [-0.1, -0.05) is 145 Å². The lowest BCUT2D eigenvalue weighted by Crippen LogP contribution is -2.25. The van der Waals surface area contributed by atoms with Gasteiger partial charge in [0, 0.05) is 27.5 Å². The van der Waals surface area contributed by atoms with Gasteiger partial charge < -0.3 is 0 Å². The fourth-order valence-electron chi connectivity index (χ4n) is 6.08. The molecule has 0 aliphatic rings. The van der Waals surface area contributed by atoms with Gasteiger partial charge in [0.1, 0.15) is 5.65 Å². The topological polar surface area (TPSA) is 17.3 Å². The van der Waals surface area contributed by atoms with Crippen molar-refractivity contribution in [3.8, 4) is 0 Å². The van der Waals surface area contributed by atoms with Crippen LogP contribution in [0.4, 0.5) is 0 Å². The molecule has 6 aromatic carbocycles. The number of hydrogen-bond acceptors (Lipinski definition) is 2. The van der Waals surface area contributed by atoms with Gasteiger partial charge in [-0.15, -0.1) is 0 Å². The van der Waals surface area contributed by atoms with Crippen molar-refractivity contribution in [2.75, 3.05) is 0 Å². The zero-order valence-electron chi connectivity index (χ0n) is 21.0. The first-order valence-corrected chi connectivity index (χ1v) is 15.9. The van der Waals surface area contributed by atoms with E-state index in [2.05, 4.69) is 144 Å². The van der Waals surface area contributed by atoms with E-state index in [0.29, 0.717) is 0 Å². The summed E-state index contributed by atoms with van der Waals surface area (Å²) in [6, 6.07) is 47.1. The van der Waals surface area contributed by atoms with Crippen LogP contribution in [-0.4, -0.2) is 9.38 Å². The Morgan fingerprint density at radius 2 is 1.13 bits per heavy atom. The predicted molar refractivity (Wildman–Crippen MR) is 171 cm³/mol. The van der Waals surface area contributed by atoms with Crippen LogP contribution in [0.1, 0.15) is 0 Å². The number of rotatable bonds is 3. The average molecular weight is 535 g/mol. The first-order chi connectivity index (χ1) is 19.2. The smallest absolute Gasteiger partial charge is 0.146 e. The molecular formula is C35H23N2PS. The quantitative estimate of drug-likeness (QED) is 0.171. The molecule has 0 atom stereocenters. The lowest BCUT2D eigenvalue weighted by molar-refractivity contribution is 1.32. The number of fused-ring (bicyclic) bond motifs is 10. The van der Waals surface area contributed by atoms with Crippen LogP contribution in [-0.2, 0) is 11.8 Å². The van der Waals surface area contributed by atoms with Gasteiger partial charge in [0.25, 0.3) is 0 Å². The Hall–Kier alpha value is -4.30. The van der Waals surface area contributed by atoms with Crippen LogP contribution in [0.3, 0.4) is 0 Å². The standard InChI is InChI=1S/C35H23N2PS/c39-38(25-13-3-1-4-14-25,26-15-5-2-6-16-26)32-21-11-20-31-33(32)36-35-30-19-10-9-18-28(30)29-23-22-24-12-7-8-17-27(24)34(29)37(31)35/h1-23H. The van der Waals surface area contributed by atoms with Crippen molar-refractivity contribution in [1.29, 1.82) is 0 Å². The Morgan fingerprint density at radius 3 is 1.85 bits per heavy atom. The number of pyridine rings is 1. The second-order valence-electron chi connectivity index (χ2n) is 9.92. The van der Waals surface area contributed by atoms with Crippen molar-refractivity contribution in [3.63, 3.8) is 0 Å². The number of hydrogen-bond donors (Lipinski definition) is 0. The molecule has 0 aliphatic heterocycles. The van der Waals surface area contributed by atoms with Crippen molar-refractivity contribution >= 4 is 82.9 Å². The Balaban J connectivity index is 1.60. The first kappa shape index (κ1) is 22.7. The lowest BCUT2D eigenvalue weighted by Gasteiger charge is -2.24. The summed E-state index contributed by atoms with van der Waals surface area (Å²) in [5, 5.41) is 9.52. The molecule has 8 aromatic rings. The monoisotopic (exact) mass is 534 g/mol. The Kier molecular flexibility index (Phi) is 5.00. The van der Waals surface area contributed by atoms with E-state index >= 15 is 0 Å². The number of nitrogens with zero attached hydrogens (tertiary/aromatic N) is 2. The maximum atomic E-state index is 6.76. The van der Waals surface area contributed by atoms with Crippen molar-refractivity contribution in [1.82, 2.24) is 9.38 Å².